The number of para-hydroxylation sites is 1. The molecule has 0 saturated heterocycles. The third-order valence-electron chi connectivity index (χ3n) is 5.84. The maximum atomic E-state index is 14.5. The van der Waals surface area contributed by atoms with Crippen molar-refractivity contribution >= 4 is 32.7 Å². The van der Waals surface area contributed by atoms with E-state index in [-0.39, 0.29) is 5.56 Å². The van der Waals surface area contributed by atoms with Gasteiger partial charge in [-0.3, -0.25) is 0 Å². The van der Waals surface area contributed by atoms with Gasteiger partial charge in [-0.1, -0.05) is 66.7 Å². The van der Waals surface area contributed by atoms with Gasteiger partial charge in [0.2, 0.25) is 0 Å². The van der Waals surface area contributed by atoms with Gasteiger partial charge in [0.05, 0.1) is 5.56 Å². The quantitative estimate of drug-likeness (QED) is 0.282. The molecule has 1 aromatic heterocycles. The van der Waals surface area contributed by atoms with Crippen LogP contribution in [0.2, 0.25) is 0 Å². The van der Waals surface area contributed by atoms with E-state index in [1.165, 1.54) is 18.2 Å². The number of hydrogen-bond acceptors (Lipinski definition) is 1. The molecule has 31 heavy (non-hydrogen) atoms. The Morgan fingerprint density at radius 2 is 1.10 bits per heavy atom. The summed E-state index contributed by atoms with van der Waals surface area (Å²) in [5, 5.41) is 3.85. The summed E-state index contributed by atoms with van der Waals surface area (Å²) in [6, 6.07) is 29.5. The van der Waals surface area contributed by atoms with Gasteiger partial charge in [0.25, 0.3) is 0 Å². The molecule has 0 spiro atoms. The zero-order valence-electron chi connectivity index (χ0n) is 16.4. The van der Waals surface area contributed by atoms with Crippen LogP contribution in [0.1, 0.15) is 0 Å². The molecule has 0 aliphatic carbocycles. The Hall–Kier alpha value is -3.98. The number of benzene rings is 5. The Morgan fingerprint density at radius 1 is 0.484 bits per heavy atom. The molecule has 5 aromatic carbocycles. The second-order valence-electron chi connectivity index (χ2n) is 7.61. The molecule has 3 heteroatoms. The van der Waals surface area contributed by atoms with E-state index in [1.807, 2.05) is 66.7 Å². The van der Waals surface area contributed by atoms with Crippen LogP contribution >= 0.6 is 0 Å². The van der Waals surface area contributed by atoms with Crippen molar-refractivity contribution in [3.8, 4) is 22.3 Å². The highest BCUT2D eigenvalue weighted by Crippen LogP contribution is 2.39. The predicted octanol–water partition coefficient (Wildman–Crippen LogP) is 8.35. The van der Waals surface area contributed by atoms with Gasteiger partial charge in [0.1, 0.15) is 22.8 Å². The summed E-state index contributed by atoms with van der Waals surface area (Å²) in [7, 11) is 0. The highest BCUT2D eigenvalue weighted by Gasteiger charge is 2.16. The Kier molecular flexibility index (Phi) is 3.90. The lowest BCUT2D eigenvalue weighted by Gasteiger charge is -2.13. The van der Waals surface area contributed by atoms with Crippen LogP contribution in [0.5, 0.6) is 0 Å². The maximum Gasteiger partial charge on any atom is 0.135 e. The Labute approximate surface area is 177 Å². The lowest BCUT2D eigenvalue weighted by molar-refractivity contribution is 0.590. The van der Waals surface area contributed by atoms with Crippen molar-refractivity contribution < 1.29 is 13.2 Å². The fraction of sp³-hybridized carbons (Fsp3) is 0. The third-order valence-corrected chi connectivity index (χ3v) is 5.84. The van der Waals surface area contributed by atoms with Crippen molar-refractivity contribution in [3.63, 3.8) is 0 Å². The van der Waals surface area contributed by atoms with Gasteiger partial charge in [0.15, 0.2) is 0 Å². The number of furan rings is 1. The number of hydrogen-bond donors (Lipinski definition) is 0. The van der Waals surface area contributed by atoms with E-state index < -0.39 is 11.6 Å². The van der Waals surface area contributed by atoms with Gasteiger partial charge in [-0.15, -0.1) is 0 Å². The molecule has 0 aliphatic heterocycles. The van der Waals surface area contributed by atoms with E-state index in [9.17, 15) is 8.78 Å². The highest BCUT2D eigenvalue weighted by atomic mass is 19.1. The van der Waals surface area contributed by atoms with E-state index in [2.05, 4.69) is 6.07 Å². The molecule has 0 radical (unpaired) electrons. The molecule has 6 aromatic rings. The van der Waals surface area contributed by atoms with E-state index in [0.717, 1.165) is 43.8 Å². The molecular formula is C28H16F2O. The van der Waals surface area contributed by atoms with Crippen LogP contribution in [0.4, 0.5) is 8.78 Å². The summed E-state index contributed by atoms with van der Waals surface area (Å²) in [6.45, 7) is 0. The standard InChI is InChI=1S/C28H16F2O/c29-24-9-5-10-25(30)28(24)22-14-13-18(19-6-1-2-7-20(19)22)17-12-15-27-23(16-17)21-8-3-4-11-26(21)31-27/h1-16H. The normalized spacial score (nSPS) is 11.5. The van der Waals surface area contributed by atoms with Crippen molar-refractivity contribution in [1.82, 2.24) is 0 Å². The second kappa shape index (κ2) is 6.78. The van der Waals surface area contributed by atoms with Crippen molar-refractivity contribution in [3.05, 3.63) is 109 Å². The summed E-state index contributed by atoms with van der Waals surface area (Å²) in [6.07, 6.45) is 0. The summed E-state index contributed by atoms with van der Waals surface area (Å²) >= 11 is 0. The molecule has 0 saturated carbocycles. The monoisotopic (exact) mass is 406 g/mol. The van der Waals surface area contributed by atoms with Crippen LogP contribution in [-0.4, -0.2) is 0 Å². The molecule has 1 nitrogen and oxygen atoms in total. The number of fused-ring (bicyclic) bond motifs is 4. The van der Waals surface area contributed by atoms with Crippen LogP contribution in [0, 0.1) is 11.6 Å². The first kappa shape index (κ1) is 17.8. The van der Waals surface area contributed by atoms with E-state index in [1.54, 1.807) is 6.07 Å². The first-order valence-electron chi connectivity index (χ1n) is 10.1. The fourth-order valence-corrected chi connectivity index (χ4v) is 4.42. The zero-order chi connectivity index (χ0) is 20.9. The Morgan fingerprint density at radius 3 is 1.87 bits per heavy atom. The highest BCUT2D eigenvalue weighted by molar-refractivity contribution is 6.09. The SMILES string of the molecule is Fc1cccc(F)c1-c1ccc(-c2ccc3oc4ccccc4c3c2)c2ccccc12. The number of halogens is 2. The van der Waals surface area contributed by atoms with Gasteiger partial charge in [0, 0.05) is 10.8 Å². The topological polar surface area (TPSA) is 13.1 Å². The Balaban J connectivity index is 1.62. The average molecular weight is 406 g/mol. The second-order valence-corrected chi connectivity index (χ2v) is 7.61. The third kappa shape index (κ3) is 2.74. The minimum absolute atomic E-state index is 0.00142. The van der Waals surface area contributed by atoms with Crippen molar-refractivity contribution in [2.75, 3.05) is 0 Å². The smallest absolute Gasteiger partial charge is 0.135 e. The van der Waals surface area contributed by atoms with Gasteiger partial charge in [-0.25, -0.2) is 8.78 Å². The van der Waals surface area contributed by atoms with E-state index in [0.29, 0.717) is 5.56 Å². The van der Waals surface area contributed by atoms with Gasteiger partial charge < -0.3 is 4.42 Å². The number of rotatable bonds is 2. The Bertz CT molecular complexity index is 1590. The molecule has 6 rings (SSSR count). The molecule has 1 heterocycles. The van der Waals surface area contributed by atoms with E-state index >= 15 is 0 Å². The lowest BCUT2D eigenvalue weighted by Crippen LogP contribution is -1.92. The van der Waals surface area contributed by atoms with Crippen molar-refractivity contribution in [2.45, 2.75) is 0 Å². The van der Waals surface area contributed by atoms with Gasteiger partial charge in [-0.05, 0) is 57.8 Å². The first-order chi connectivity index (χ1) is 15.2. The zero-order valence-corrected chi connectivity index (χ0v) is 16.4. The minimum atomic E-state index is -0.566. The molecule has 148 valence electrons. The average Bonchev–Trinajstić information content (AvgIpc) is 3.17. The minimum Gasteiger partial charge on any atom is -0.456 e. The van der Waals surface area contributed by atoms with Crippen LogP contribution in [0.15, 0.2) is 101 Å². The largest absolute Gasteiger partial charge is 0.456 e. The van der Waals surface area contributed by atoms with Crippen molar-refractivity contribution in [2.24, 2.45) is 0 Å². The fourth-order valence-electron chi connectivity index (χ4n) is 4.42. The molecule has 0 unspecified atom stereocenters. The van der Waals surface area contributed by atoms with Crippen LogP contribution in [-0.2, 0) is 0 Å². The van der Waals surface area contributed by atoms with Gasteiger partial charge in [-0.2, -0.15) is 0 Å². The summed E-state index contributed by atoms with van der Waals surface area (Å²) in [5.41, 5.74) is 4.26. The summed E-state index contributed by atoms with van der Waals surface area (Å²) in [5.74, 6) is -1.13. The van der Waals surface area contributed by atoms with Gasteiger partial charge >= 0.3 is 0 Å². The molecule has 0 bridgehead atoms. The molecule has 0 amide bonds. The van der Waals surface area contributed by atoms with Crippen LogP contribution in [0.3, 0.4) is 0 Å². The van der Waals surface area contributed by atoms with Crippen LogP contribution < -0.4 is 0 Å². The molecule has 0 fully saturated rings. The summed E-state index contributed by atoms with van der Waals surface area (Å²) in [4.78, 5) is 0. The predicted molar refractivity (Wildman–Crippen MR) is 122 cm³/mol. The lowest BCUT2D eigenvalue weighted by atomic mass is 9.91. The van der Waals surface area contributed by atoms with Crippen LogP contribution in [0.25, 0.3) is 55.0 Å². The molecule has 0 atom stereocenters. The molecule has 0 N–H and O–H groups in total. The molecular weight excluding hydrogens is 390 g/mol. The summed E-state index contributed by atoms with van der Waals surface area (Å²) < 4.78 is 35.0. The molecule has 0 aliphatic rings. The maximum absolute atomic E-state index is 14.5. The van der Waals surface area contributed by atoms with Crippen molar-refractivity contribution in [1.29, 1.82) is 0 Å². The van der Waals surface area contributed by atoms with E-state index in [4.69, 9.17) is 4.42 Å². The first-order valence-corrected chi connectivity index (χ1v) is 10.1.